The van der Waals surface area contributed by atoms with Crippen molar-refractivity contribution in [1.82, 2.24) is 14.9 Å². The van der Waals surface area contributed by atoms with E-state index in [-0.39, 0.29) is 5.91 Å². The summed E-state index contributed by atoms with van der Waals surface area (Å²) in [5.41, 5.74) is 0.750. The molecule has 3 rings (SSSR count). The van der Waals surface area contributed by atoms with Crippen LogP contribution in [0, 0.1) is 5.92 Å². The van der Waals surface area contributed by atoms with Crippen molar-refractivity contribution in [2.24, 2.45) is 5.92 Å². The Kier molecular flexibility index (Phi) is 4.34. The third-order valence-electron chi connectivity index (χ3n) is 4.39. The fourth-order valence-electron chi connectivity index (χ4n) is 3.34. The maximum Gasteiger partial charge on any atom is 0.270 e. The first-order chi connectivity index (χ1) is 10.8. The normalized spacial score (nSPS) is 17.0. The number of H-pyrrole nitrogens is 1. The maximum absolute atomic E-state index is 12.6. The molecule has 1 aliphatic heterocycles. The number of carbonyl (C=O) groups excluding carboxylic acids is 1. The molecule has 0 aromatic carbocycles. The van der Waals surface area contributed by atoms with Crippen LogP contribution in [-0.2, 0) is 0 Å². The number of hydrogen-bond acceptors (Lipinski definition) is 3. The monoisotopic (exact) mass is 335 g/mol. The predicted octanol–water partition coefficient (Wildman–Crippen LogP) is 3.23. The second-order valence-corrected chi connectivity index (χ2v) is 7.42. The van der Waals surface area contributed by atoms with Crippen LogP contribution in [0.4, 0.5) is 0 Å². The minimum atomic E-state index is -0.639. The van der Waals surface area contributed by atoms with Gasteiger partial charge in [0.2, 0.25) is 0 Å². The van der Waals surface area contributed by atoms with Gasteiger partial charge in [0.15, 0.2) is 0 Å². The van der Waals surface area contributed by atoms with E-state index in [2.05, 4.69) is 9.97 Å². The molecule has 2 N–H and O–H groups in total. The number of hydrogen-bond donors (Lipinski definition) is 2. The minimum Gasteiger partial charge on any atom is -0.390 e. The smallest absolute Gasteiger partial charge is 0.270 e. The van der Waals surface area contributed by atoms with Crippen LogP contribution in [0.15, 0.2) is 18.3 Å². The molecule has 124 valence electrons. The number of aliphatic hydroxyl groups is 1. The molecule has 0 bridgehead atoms. The lowest BCUT2D eigenvalue weighted by Crippen LogP contribution is -2.40. The minimum absolute atomic E-state index is 0.0130. The van der Waals surface area contributed by atoms with Gasteiger partial charge in [-0.15, -0.1) is 0 Å². The average molecular weight is 336 g/mol. The second-order valence-electron chi connectivity index (χ2n) is 7.03. The lowest BCUT2D eigenvalue weighted by Gasteiger charge is -2.34. The number of nitrogens with one attached hydrogen (secondary N) is 1. The van der Waals surface area contributed by atoms with Gasteiger partial charge >= 0.3 is 0 Å². The van der Waals surface area contributed by atoms with Crippen molar-refractivity contribution in [3.05, 3.63) is 29.2 Å². The Morgan fingerprint density at radius 1 is 1.43 bits per heavy atom. The first-order valence-electron chi connectivity index (χ1n) is 7.98. The molecule has 1 fully saturated rings. The fraction of sp³-hybridized carbons (Fsp3) is 0.529. The number of fused-ring (bicyclic) bond motifs is 1. The lowest BCUT2D eigenvalue weighted by molar-refractivity contribution is 0.0357. The summed E-state index contributed by atoms with van der Waals surface area (Å²) in [7, 11) is 0. The van der Waals surface area contributed by atoms with Crippen LogP contribution >= 0.6 is 11.6 Å². The molecule has 23 heavy (non-hydrogen) atoms. The van der Waals surface area contributed by atoms with Crippen molar-refractivity contribution < 1.29 is 9.90 Å². The number of halogens is 1. The number of rotatable bonds is 3. The molecule has 0 spiro atoms. The lowest BCUT2D eigenvalue weighted by atomic mass is 9.86. The molecule has 3 heterocycles. The summed E-state index contributed by atoms with van der Waals surface area (Å²) in [4.78, 5) is 21.7. The number of carbonyl (C=O) groups is 1. The molecule has 6 heteroatoms. The van der Waals surface area contributed by atoms with Gasteiger partial charge in [-0.1, -0.05) is 11.6 Å². The first kappa shape index (κ1) is 16.3. The number of aromatic amines is 1. The van der Waals surface area contributed by atoms with Crippen LogP contribution in [-0.4, -0.2) is 44.6 Å². The molecular weight excluding hydrogens is 314 g/mol. The summed E-state index contributed by atoms with van der Waals surface area (Å²) in [5, 5.41) is 11.2. The second kappa shape index (κ2) is 6.13. The Morgan fingerprint density at radius 2 is 2.13 bits per heavy atom. The van der Waals surface area contributed by atoms with E-state index >= 15 is 0 Å². The largest absolute Gasteiger partial charge is 0.390 e. The third-order valence-corrected chi connectivity index (χ3v) is 4.60. The average Bonchev–Trinajstić information content (AvgIpc) is 2.88. The van der Waals surface area contributed by atoms with Crippen LogP contribution in [0.3, 0.4) is 0 Å². The van der Waals surface area contributed by atoms with Crippen molar-refractivity contribution in [2.45, 2.75) is 38.7 Å². The SMILES string of the molecule is CC(C)(O)CC1CCN(C(=O)c2cc3cc(Cl)ncc3[nH]2)CC1. The number of piperidine rings is 1. The number of nitrogens with zero attached hydrogens (tertiary/aromatic N) is 2. The van der Waals surface area contributed by atoms with Crippen LogP contribution in [0.25, 0.3) is 10.9 Å². The highest BCUT2D eigenvalue weighted by Crippen LogP contribution is 2.27. The van der Waals surface area contributed by atoms with Crippen LogP contribution in [0.1, 0.15) is 43.6 Å². The van der Waals surface area contributed by atoms with Gasteiger partial charge in [0.05, 0.1) is 17.3 Å². The van der Waals surface area contributed by atoms with E-state index in [1.165, 1.54) is 0 Å². The zero-order chi connectivity index (χ0) is 16.6. The summed E-state index contributed by atoms with van der Waals surface area (Å²) in [6.45, 7) is 5.14. The molecule has 2 aromatic rings. The topological polar surface area (TPSA) is 69.2 Å². The molecule has 2 aromatic heterocycles. The van der Waals surface area contributed by atoms with Crippen LogP contribution < -0.4 is 0 Å². The zero-order valence-electron chi connectivity index (χ0n) is 13.5. The van der Waals surface area contributed by atoms with Crippen molar-refractivity contribution in [3.63, 3.8) is 0 Å². The van der Waals surface area contributed by atoms with Crippen LogP contribution in [0.2, 0.25) is 5.15 Å². The molecular formula is C17H22ClN3O2. The molecule has 0 unspecified atom stereocenters. The fourth-order valence-corrected chi connectivity index (χ4v) is 3.50. The molecule has 1 aliphatic rings. The predicted molar refractivity (Wildman–Crippen MR) is 90.6 cm³/mol. The highest BCUT2D eigenvalue weighted by atomic mass is 35.5. The van der Waals surface area contributed by atoms with Crippen molar-refractivity contribution >= 4 is 28.4 Å². The Balaban J connectivity index is 1.66. The summed E-state index contributed by atoms with van der Waals surface area (Å²) in [6, 6.07) is 3.58. The summed E-state index contributed by atoms with van der Waals surface area (Å²) < 4.78 is 0. The molecule has 0 radical (unpaired) electrons. The first-order valence-corrected chi connectivity index (χ1v) is 8.35. The van der Waals surface area contributed by atoms with Gasteiger partial charge in [-0.3, -0.25) is 4.79 Å². The van der Waals surface area contributed by atoms with Gasteiger partial charge in [0.1, 0.15) is 10.8 Å². The standard InChI is InChI=1S/C17H22ClN3O2/c1-17(2,23)9-11-3-5-21(6-4-11)16(22)13-7-12-8-15(18)19-10-14(12)20-13/h7-8,10-11,20,23H,3-6,9H2,1-2H3. The Morgan fingerprint density at radius 3 is 2.78 bits per heavy atom. The van der Waals surface area contributed by atoms with Gasteiger partial charge in [0, 0.05) is 18.5 Å². The van der Waals surface area contributed by atoms with E-state index in [4.69, 9.17) is 11.6 Å². The number of likely N-dealkylation sites (tertiary alicyclic amines) is 1. The van der Waals surface area contributed by atoms with E-state index in [0.29, 0.717) is 16.8 Å². The van der Waals surface area contributed by atoms with Gasteiger partial charge in [0.25, 0.3) is 5.91 Å². The molecule has 5 nitrogen and oxygen atoms in total. The quantitative estimate of drug-likeness (QED) is 0.846. The molecule has 0 atom stereocenters. The highest BCUT2D eigenvalue weighted by molar-refractivity contribution is 6.30. The van der Waals surface area contributed by atoms with E-state index in [0.717, 1.165) is 43.3 Å². The van der Waals surface area contributed by atoms with E-state index < -0.39 is 5.60 Å². The van der Waals surface area contributed by atoms with Crippen molar-refractivity contribution in [3.8, 4) is 0 Å². The molecule has 0 saturated carbocycles. The number of aromatic nitrogens is 2. The van der Waals surface area contributed by atoms with Crippen molar-refractivity contribution in [1.29, 1.82) is 0 Å². The summed E-state index contributed by atoms with van der Waals surface area (Å²) in [5.74, 6) is 0.490. The van der Waals surface area contributed by atoms with E-state index in [9.17, 15) is 9.90 Å². The number of amides is 1. The Labute approximate surface area is 140 Å². The van der Waals surface area contributed by atoms with Gasteiger partial charge in [-0.25, -0.2) is 4.98 Å². The zero-order valence-corrected chi connectivity index (χ0v) is 14.2. The molecule has 1 amide bonds. The third kappa shape index (κ3) is 3.85. The van der Waals surface area contributed by atoms with E-state index in [1.807, 2.05) is 24.8 Å². The molecule has 1 saturated heterocycles. The van der Waals surface area contributed by atoms with Gasteiger partial charge in [-0.05, 0) is 51.2 Å². The van der Waals surface area contributed by atoms with Gasteiger partial charge in [-0.2, -0.15) is 0 Å². The van der Waals surface area contributed by atoms with Crippen molar-refractivity contribution in [2.75, 3.05) is 13.1 Å². The summed E-state index contributed by atoms with van der Waals surface area (Å²) in [6.07, 6.45) is 4.29. The highest BCUT2D eigenvalue weighted by Gasteiger charge is 2.27. The summed E-state index contributed by atoms with van der Waals surface area (Å²) >= 11 is 5.88. The van der Waals surface area contributed by atoms with Crippen LogP contribution in [0.5, 0.6) is 0 Å². The molecule has 0 aliphatic carbocycles. The Hall–Kier alpha value is -1.59. The maximum atomic E-state index is 12.6. The number of pyridine rings is 1. The van der Waals surface area contributed by atoms with Gasteiger partial charge < -0.3 is 15.0 Å². The van der Waals surface area contributed by atoms with E-state index in [1.54, 1.807) is 12.3 Å². The Bertz CT molecular complexity index is 712.